The average Bonchev–Trinajstić information content (AvgIpc) is 3.05. The molecule has 2 fully saturated rings. The van der Waals surface area contributed by atoms with Crippen molar-refractivity contribution in [2.75, 3.05) is 38.2 Å². The van der Waals surface area contributed by atoms with Gasteiger partial charge >= 0.3 is 0 Å². The Kier molecular flexibility index (Phi) is 6.21. The van der Waals surface area contributed by atoms with E-state index in [2.05, 4.69) is 4.72 Å². The van der Waals surface area contributed by atoms with Crippen molar-refractivity contribution < 1.29 is 17.6 Å². The Hall–Kier alpha value is -1.16. The van der Waals surface area contributed by atoms with Crippen LogP contribution in [-0.2, 0) is 14.8 Å². The van der Waals surface area contributed by atoms with Gasteiger partial charge in [-0.25, -0.2) is 17.5 Å². The third-order valence-corrected chi connectivity index (χ3v) is 6.71. The SMILES string of the molecule is CS(=O)(=O)NC1CCN(CC(=O)N2CCS[C@H]2c2ccccc2F)CC1. The fourth-order valence-electron chi connectivity index (χ4n) is 3.45. The van der Waals surface area contributed by atoms with Gasteiger partial charge in [0.1, 0.15) is 11.2 Å². The maximum atomic E-state index is 14.1. The molecule has 2 aliphatic rings. The third kappa shape index (κ3) is 4.97. The van der Waals surface area contributed by atoms with Crippen LogP contribution in [0.1, 0.15) is 23.8 Å². The Bertz CT molecular complexity index is 751. The number of hydrogen-bond donors (Lipinski definition) is 1. The number of nitrogens with zero attached hydrogens (tertiary/aromatic N) is 2. The van der Waals surface area contributed by atoms with Gasteiger partial charge in [0.15, 0.2) is 0 Å². The van der Waals surface area contributed by atoms with Gasteiger partial charge < -0.3 is 4.90 Å². The molecule has 0 aliphatic carbocycles. The van der Waals surface area contributed by atoms with Gasteiger partial charge in [0, 0.05) is 37.0 Å². The van der Waals surface area contributed by atoms with Crippen LogP contribution < -0.4 is 4.72 Å². The van der Waals surface area contributed by atoms with Gasteiger partial charge in [-0.05, 0) is 18.9 Å². The van der Waals surface area contributed by atoms with Crippen LogP contribution in [0.15, 0.2) is 24.3 Å². The molecule has 0 bridgehead atoms. The second-order valence-corrected chi connectivity index (χ2v) is 9.74. The molecule has 1 amide bonds. The third-order valence-electron chi connectivity index (χ3n) is 4.71. The number of sulfonamides is 1. The van der Waals surface area contributed by atoms with Crippen LogP contribution in [0.5, 0.6) is 0 Å². The largest absolute Gasteiger partial charge is 0.325 e. The average molecular weight is 402 g/mol. The summed E-state index contributed by atoms with van der Waals surface area (Å²) in [6, 6.07) is 6.54. The first kappa shape index (κ1) is 19.6. The molecule has 2 heterocycles. The summed E-state index contributed by atoms with van der Waals surface area (Å²) in [5.41, 5.74) is 0.555. The lowest BCUT2D eigenvalue weighted by atomic mass is 10.1. The predicted molar refractivity (Wildman–Crippen MR) is 101 cm³/mol. The second kappa shape index (κ2) is 8.24. The van der Waals surface area contributed by atoms with Gasteiger partial charge in [-0.15, -0.1) is 11.8 Å². The number of halogens is 1. The molecular formula is C17H24FN3O3S2. The van der Waals surface area contributed by atoms with E-state index in [1.54, 1.807) is 34.9 Å². The normalized spacial score (nSPS) is 22.7. The van der Waals surface area contributed by atoms with Crippen LogP contribution >= 0.6 is 11.8 Å². The van der Waals surface area contributed by atoms with Gasteiger partial charge in [-0.3, -0.25) is 9.69 Å². The lowest BCUT2D eigenvalue weighted by Gasteiger charge is -2.33. The van der Waals surface area contributed by atoms with E-state index < -0.39 is 10.0 Å². The van der Waals surface area contributed by atoms with Crippen LogP contribution in [0.4, 0.5) is 4.39 Å². The number of thioether (sulfide) groups is 1. The number of carbonyl (C=O) groups excluding carboxylic acids is 1. The molecule has 0 radical (unpaired) electrons. The van der Waals surface area contributed by atoms with E-state index in [0.29, 0.717) is 38.0 Å². The number of rotatable bonds is 5. The first-order chi connectivity index (χ1) is 12.3. The quantitative estimate of drug-likeness (QED) is 0.808. The summed E-state index contributed by atoms with van der Waals surface area (Å²) in [5.74, 6) is 0.514. The molecule has 3 rings (SSSR count). The topological polar surface area (TPSA) is 69.7 Å². The highest BCUT2D eigenvalue weighted by Gasteiger charge is 2.33. The highest BCUT2D eigenvalue weighted by Crippen LogP contribution is 2.39. The van der Waals surface area contributed by atoms with Crippen molar-refractivity contribution in [3.63, 3.8) is 0 Å². The van der Waals surface area contributed by atoms with E-state index in [0.717, 1.165) is 12.0 Å². The van der Waals surface area contributed by atoms with Crippen LogP contribution in [0.25, 0.3) is 0 Å². The highest BCUT2D eigenvalue weighted by molar-refractivity contribution is 7.99. The molecule has 0 unspecified atom stereocenters. The molecule has 2 aliphatic heterocycles. The highest BCUT2D eigenvalue weighted by atomic mass is 32.2. The molecule has 0 spiro atoms. The predicted octanol–water partition coefficient (Wildman–Crippen LogP) is 1.41. The summed E-state index contributed by atoms with van der Waals surface area (Å²) in [6.07, 6.45) is 2.54. The summed E-state index contributed by atoms with van der Waals surface area (Å²) in [6.45, 7) is 2.25. The second-order valence-electron chi connectivity index (χ2n) is 6.77. The Morgan fingerprint density at radius 1 is 1.27 bits per heavy atom. The van der Waals surface area contributed by atoms with Gasteiger partial charge in [0.2, 0.25) is 15.9 Å². The molecule has 26 heavy (non-hydrogen) atoms. The van der Waals surface area contributed by atoms with Crippen LogP contribution in [0.2, 0.25) is 0 Å². The van der Waals surface area contributed by atoms with Crippen LogP contribution in [-0.4, -0.2) is 68.4 Å². The van der Waals surface area contributed by atoms with E-state index in [4.69, 9.17) is 0 Å². The van der Waals surface area contributed by atoms with E-state index >= 15 is 0 Å². The Morgan fingerprint density at radius 3 is 2.62 bits per heavy atom. The summed E-state index contributed by atoms with van der Waals surface area (Å²) in [5, 5.41) is -0.270. The van der Waals surface area contributed by atoms with Crippen molar-refractivity contribution in [1.82, 2.24) is 14.5 Å². The number of piperidine rings is 1. The van der Waals surface area contributed by atoms with Gasteiger partial charge in [-0.2, -0.15) is 0 Å². The number of likely N-dealkylation sites (tertiary alicyclic amines) is 1. The molecule has 1 N–H and O–H groups in total. The first-order valence-electron chi connectivity index (χ1n) is 8.68. The lowest BCUT2D eigenvalue weighted by molar-refractivity contribution is -0.132. The standard InChI is InChI=1S/C17H24FN3O3S2/c1-26(23,24)19-13-6-8-20(9-7-13)12-16(22)21-10-11-25-17(21)14-4-2-3-5-15(14)18/h2-5,13,17,19H,6-12H2,1H3/t17-/m0/s1. The number of nitrogens with one attached hydrogen (secondary N) is 1. The smallest absolute Gasteiger partial charge is 0.237 e. The van der Waals surface area contributed by atoms with Crippen molar-refractivity contribution >= 4 is 27.7 Å². The van der Waals surface area contributed by atoms with Crippen LogP contribution in [0.3, 0.4) is 0 Å². The van der Waals surface area contributed by atoms with E-state index in [9.17, 15) is 17.6 Å². The summed E-state index contributed by atoms with van der Waals surface area (Å²) >= 11 is 1.58. The number of benzene rings is 1. The summed E-state index contributed by atoms with van der Waals surface area (Å²) in [4.78, 5) is 16.6. The summed E-state index contributed by atoms with van der Waals surface area (Å²) in [7, 11) is -3.20. The van der Waals surface area contributed by atoms with Gasteiger partial charge in [0.25, 0.3) is 0 Å². The first-order valence-corrected chi connectivity index (χ1v) is 11.6. The zero-order valence-electron chi connectivity index (χ0n) is 14.7. The maximum Gasteiger partial charge on any atom is 0.237 e. The van der Waals surface area contributed by atoms with Crippen molar-refractivity contribution in [2.24, 2.45) is 0 Å². The van der Waals surface area contributed by atoms with E-state index in [1.807, 2.05) is 4.90 Å². The van der Waals surface area contributed by atoms with Crippen molar-refractivity contribution in [2.45, 2.75) is 24.3 Å². The molecule has 0 aromatic heterocycles. The lowest BCUT2D eigenvalue weighted by Crippen LogP contribution is -2.47. The van der Waals surface area contributed by atoms with Crippen molar-refractivity contribution in [1.29, 1.82) is 0 Å². The zero-order chi connectivity index (χ0) is 18.7. The number of amides is 1. The zero-order valence-corrected chi connectivity index (χ0v) is 16.4. The molecule has 1 aromatic carbocycles. The maximum absolute atomic E-state index is 14.1. The minimum Gasteiger partial charge on any atom is -0.325 e. The van der Waals surface area contributed by atoms with Gasteiger partial charge in [0.05, 0.1) is 12.8 Å². The van der Waals surface area contributed by atoms with Crippen molar-refractivity contribution in [3.8, 4) is 0 Å². The Morgan fingerprint density at radius 2 is 1.96 bits per heavy atom. The fourth-order valence-corrected chi connectivity index (χ4v) is 5.59. The minimum atomic E-state index is -3.20. The molecule has 1 aromatic rings. The number of hydrogen-bond acceptors (Lipinski definition) is 5. The monoisotopic (exact) mass is 401 g/mol. The number of carbonyl (C=O) groups is 1. The molecule has 6 nitrogen and oxygen atoms in total. The van der Waals surface area contributed by atoms with Gasteiger partial charge in [-0.1, -0.05) is 18.2 Å². The molecule has 2 saturated heterocycles. The molecule has 9 heteroatoms. The fraction of sp³-hybridized carbons (Fsp3) is 0.588. The van der Waals surface area contributed by atoms with Crippen LogP contribution in [0, 0.1) is 5.82 Å². The van der Waals surface area contributed by atoms with E-state index in [-0.39, 0.29) is 29.7 Å². The molecule has 0 saturated carbocycles. The summed E-state index contributed by atoms with van der Waals surface area (Å²) < 4.78 is 39.3. The van der Waals surface area contributed by atoms with Crippen molar-refractivity contribution in [3.05, 3.63) is 35.6 Å². The molecule has 144 valence electrons. The Labute approximate surface area is 158 Å². The molecular weight excluding hydrogens is 377 g/mol. The molecule has 1 atom stereocenters. The Balaban J connectivity index is 1.56. The van der Waals surface area contributed by atoms with E-state index in [1.165, 1.54) is 6.07 Å². The minimum absolute atomic E-state index is 0.00206.